The maximum absolute atomic E-state index is 12.1. The molecule has 0 saturated carbocycles. The fraction of sp³-hybridized carbons (Fsp3) is 0.846. The number of urea groups is 1. The number of nitrogens with zero attached hydrogens (tertiary/aromatic N) is 1. The van der Waals surface area contributed by atoms with Gasteiger partial charge in [-0.3, -0.25) is 4.90 Å². The molecule has 0 aliphatic carbocycles. The molecule has 1 heterocycles. The number of amides is 2. The number of hydrogen-bond donors (Lipinski definition) is 2. The predicted octanol–water partition coefficient (Wildman–Crippen LogP) is 1.75. The van der Waals surface area contributed by atoms with Gasteiger partial charge in [0.05, 0.1) is 5.37 Å². The van der Waals surface area contributed by atoms with Crippen LogP contribution in [0, 0.1) is 0 Å². The fourth-order valence-electron chi connectivity index (χ4n) is 2.05. The summed E-state index contributed by atoms with van der Waals surface area (Å²) in [5, 5.41) is 11.9. The van der Waals surface area contributed by atoms with Gasteiger partial charge in [0, 0.05) is 25.5 Å². The summed E-state index contributed by atoms with van der Waals surface area (Å²) in [4.78, 5) is 24.7. The third-order valence-electron chi connectivity index (χ3n) is 3.05. The lowest BCUT2D eigenvalue weighted by atomic mass is 10.3. The summed E-state index contributed by atoms with van der Waals surface area (Å²) in [7, 11) is 0. The second-order valence-electron chi connectivity index (χ2n) is 4.66. The van der Waals surface area contributed by atoms with Crippen molar-refractivity contribution in [3.63, 3.8) is 0 Å². The molecule has 0 aromatic heterocycles. The topological polar surface area (TPSA) is 78.9 Å². The first-order valence-electron chi connectivity index (χ1n) is 7.10. The number of ether oxygens (including phenoxy) is 1. The summed E-state index contributed by atoms with van der Waals surface area (Å²) in [5.74, 6) is -0.476. The van der Waals surface area contributed by atoms with Gasteiger partial charge in [0.25, 0.3) is 0 Å². The van der Waals surface area contributed by atoms with Crippen molar-refractivity contribution in [2.45, 2.75) is 44.5 Å². The molecule has 0 aromatic carbocycles. The number of carbonyl (C=O) groups excluding carboxylic acids is 1. The van der Waals surface area contributed by atoms with Crippen LogP contribution in [-0.4, -0.2) is 58.9 Å². The van der Waals surface area contributed by atoms with Gasteiger partial charge in [-0.15, -0.1) is 11.8 Å². The molecule has 2 atom stereocenters. The number of aliphatic carboxylic acids is 1. The minimum absolute atomic E-state index is 0.0487. The van der Waals surface area contributed by atoms with Crippen molar-refractivity contribution < 1.29 is 19.4 Å². The van der Waals surface area contributed by atoms with Crippen molar-refractivity contribution in [2.24, 2.45) is 0 Å². The molecule has 7 heteroatoms. The molecule has 6 nitrogen and oxygen atoms in total. The van der Waals surface area contributed by atoms with E-state index in [0.29, 0.717) is 18.9 Å². The van der Waals surface area contributed by atoms with Crippen molar-refractivity contribution in [1.82, 2.24) is 10.2 Å². The molecule has 1 rings (SSSR count). The van der Waals surface area contributed by atoms with E-state index in [-0.39, 0.29) is 11.4 Å². The molecule has 1 aliphatic heterocycles. The minimum atomic E-state index is -0.935. The average Bonchev–Trinajstić information content (AvgIpc) is 2.86. The SMILES string of the molecule is CCCOCCCNC(=O)N1C(CC)SCC1C(=O)O. The van der Waals surface area contributed by atoms with Crippen LogP contribution in [0.1, 0.15) is 33.1 Å². The van der Waals surface area contributed by atoms with Crippen molar-refractivity contribution in [1.29, 1.82) is 0 Å². The summed E-state index contributed by atoms with van der Waals surface area (Å²) in [5.41, 5.74) is 0. The van der Waals surface area contributed by atoms with Gasteiger partial charge in [0.2, 0.25) is 0 Å². The second-order valence-corrected chi connectivity index (χ2v) is 5.87. The number of thioether (sulfide) groups is 1. The molecule has 116 valence electrons. The summed E-state index contributed by atoms with van der Waals surface area (Å²) in [6.07, 6.45) is 2.47. The monoisotopic (exact) mass is 304 g/mol. The van der Waals surface area contributed by atoms with E-state index in [1.54, 1.807) is 0 Å². The highest BCUT2D eigenvalue weighted by Gasteiger charge is 2.40. The number of nitrogens with one attached hydrogen (secondary N) is 1. The van der Waals surface area contributed by atoms with Crippen LogP contribution in [0.5, 0.6) is 0 Å². The summed E-state index contributed by atoms with van der Waals surface area (Å²) < 4.78 is 5.33. The number of hydrogen-bond acceptors (Lipinski definition) is 4. The number of carbonyl (C=O) groups is 2. The third kappa shape index (κ3) is 4.86. The van der Waals surface area contributed by atoms with E-state index >= 15 is 0 Å². The maximum atomic E-state index is 12.1. The van der Waals surface area contributed by atoms with Crippen LogP contribution in [0.15, 0.2) is 0 Å². The van der Waals surface area contributed by atoms with Crippen molar-refractivity contribution in [2.75, 3.05) is 25.5 Å². The van der Waals surface area contributed by atoms with E-state index in [1.165, 1.54) is 16.7 Å². The molecule has 0 spiro atoms. The van der Waals surface area contributed by atoms with Gasteiger partial charge >= 0.3 is 12.0 Å². The van der Waals surface area contributed by atoms with E-state index in [2.05, 4.69) is 5.32 Å². The van der Waals surface area contributed by atoms with Crippen LogP contribution >= 0.6 is 11.8 Å². The molecule has 20 heavy (non-hydrogen) atoms. The summed E-state index contributed by atoms with van der Waals surface area (Å²) in [6, 6.07) is -1.01. The normalized spacial score (nSPS) is 22.0. The molecule has 1 aliphatic rings. The molecule has 2 N–H and O–H groups in total. The Morgan fingerprint density at radius 1 is 1.40 bits per heavy atom. The molecule has 1 saturated heterocycles. The lowest BCUT2D eigenvalue weighted by molar-refractivity contribution is -0.141. The molecule has 0 bridgehead atoms. The molecule has 1 fully saturated rings. The Bertz CT molecular complexity index is 327. The standard InChI is InChI=1S/C13H24N2O4S/c1-3-7-19-8-5-6-14-13(18)15-10(12(16)17)9-20-11(15)4-2/h10-11H,3-9H2,1-2H3,(H,14,18)(H,16,17). The molecular formula is C13H24N2O4S. The van der Waals surface area contributed by atoms with Crippen molar-refractivity contribution in [3.8, 4) is 0 Å². The van der Waals surface area contributed by atoms with Gasteiger partial charge in [-0.1, -0.05) is 13.8 Å². The van der Waals surface area contributed by atoms with Gasteiger partial charge < -0.3 is 15.2 Å². The lowest BCUT2D eigenvalue weighted by Gasteiger charge is -2.26. The highest BCUT2D eigenvalue weighted by Crippen LogP contribution is 2.31. The number of carboxylic acids is 1. The largest absolute Gasteiger partial charge is 0.480 e. The van der Waals surface area contributed by atoms with Crippen LogP contribution in [0.25, 0.3) is 0 Å². The highest BCUT2D eigenvalue weighted by molar-refractivity contribution is 8.00. The lowest BCUT2D eigenvalue weighted by Crippen LogP contribution is -2.50. The maximum Gasteiger partial charge on any atom is 0.327 e. The highest BCUT2D eigenvalue weighted by atomic mass is 32.2. The van der Waals surface area contributed by atoms with Gasteiger partial charge in [-0.05, 0) is 19.3 Å². The average molecular weight is 304 g/mol. The molecule has 0 aromatic rings. The van der Waals surface area contributed by atoms with E-state index in [4.69, 9.17) is 9.84 Å². The van der Waals surface area contributed by atoms with Crippen molar-refractivity contribution in [3.05, 3.63) is 0 Å². The van der Waals surface area contributed by atoms with Gasteiger partial charge in [0.15, 0.2) is 0 Å². The Morgan fingerprint density at radius 2 is 2.15 bits per heavy atom. The Hall–Kier alpha value is -0.950. The van der Waals surface area contributed by atoms with E-state index in [1.807, 2.05) is 13.8 Å². The smallest absolute Gasteiger partial charge is 0.327 e. The first kappa shape index (κ1) is 17.1. The van der Waals surface area contributed by atoms with Crippen LogP contribution in [0.2, 0.25) is 0 Å². The second kappa shape index (κ2) is 9.07. The fourth-order valence-corrected chi connectivity index (χ4v) is 3.39. The molecule has 0 radical (unpaired) electrons. The van der Waals surface area contributed by atoms with Gasteiger partial charge in [-0.2, -0.15) is 0 Å². The summed E-state index contributed by atoms with van der Waals surface area (Å²) in [6.45, 7) is 5.86. The minimum Gasteiger partial charge on any atom is -0.480 e. The van der Waals surface area contributed by atoms with Crippen LogP contribution < -0.4 is 5.32 Å². The van der Waals surface area contributed by atoms with E-state index in [9.17, 15) is 9.59 Å². The zero-order valence-electron chi connectivity index (χ0n) is 12.1. The first-order chi connectivity index (χ1) is 9.61. The van der Waals surface area contributed by atoms with E-state index < -0.39 is 12.0 Å². The molecule has 2 unspecified atom stereocenters. The zero-order chi connectivity index (χ0) is 15.0. The quantitative estimate of drug-likeness (QED) is 0.668. The number of carboxylic acid groups (broad SMARTS) is 1. The Morgan fingerprint density at radius 3 is 2.75 bits per heavy atom. The van der Waals surface area contributed by atoms with Gasteiger partial charge in [0.1, 0.15) is 6.04 Å². The Balaban J connectivity index is 2.37. The van der Waals surface area contributed by atoms with Crippen LogP contribution in [0.3, 0.4) is 0 Å². The molecule has 2 amide bonds. The van der Waals surface area contributed by atoms with Crippen LogP contribution in [-0.2, 0) is 9.53 Å². The predicted molar refractivity (Wildman–Crippen MR) is 78.9 cm³/mol. The first-order valence-corrected chi connectivity index (χ1v) is 8.15. The van der Waals surface area contributed by atoms with Crippen LogP contribution in [0.4, 0.5) is 4.79 Å². The zero-order valence-corrected chi connectivity index (χ0v) is 12.9. The third-order valence-corrected chi connectivity index (χ3v) is 4.50. The number of rotatable bonds is 8. The summed E-state index contributed by atoms with van der Waals surface area (Å²) >= 11 is 1.53. The van der Waals surface area contributed by atoms with Crippen molar-refractivity contribution >= 4 is 23.8 Å². The Labute approximate surface area is 124 Å². The van der Waals surface area contributed by atoms with E-state index in [0.717, 1.165) is 25.9 Å². The van der Waals surface area contributed by atoms with Gasteiger partial charge in [-0.25, -0.2) is 9.59 Å². The Kier molecular flexibility index (Phi) is 7.76. The molecular weight excluding hydrogens is 280 g/mol.